The highest BCUT2D eigenvalue weighted by atomic mass is 32.1. The Morgan fingerprint density at radius 1 is 1.24 bits per heavy atom. The quantitative estimate of drug-likeness (QED) is 0.678. The minimum atomic E-state index is -4.43. The third-order valence-corrected chi connectivity index (χ3v) is 6.20. The van der Waals surface area contributed by atoms with Crippen molar-refractivity contribution in [2.75, 3.05) is 32.6 Å². The zero-order chi connectivity index (χ0) is 20.8. The molecule has 3 heterocycles. The molecule has 0 unspecified atom stereocenters. The Kier molecular flexibility index (Phi) is 5.16. The second-order valence-electron chi connectivity index (χ2n) is 7.30. The summed E-state index contributed by atoms with van der Waals surface area (Å²) < 4.78 is 46.1. The van der Waals surface area contributed by atoms with Crippen molar-refractivity contribution in [2.24, 2.45) is 7.05 Å². The first-order chi connectivity index (χ1) is 13.8. The highest BCUT2D eigenvalue weighted by Crippen LogP contribution is 2.38. The van der Waals surface area contributed by atoms with Crippen LogP contribution in [0.1, 0.15) is 18.4 Å². The van der Waals surface area contributed by atoms with Gasteiger partial charge in [-0.05, 0) is 44.6 Å². The molecule has 0 amide bonds. The largest absolute Gasteiger partial charge is 0.496 e. The summed E-state index contributed by atoms with van der Waals surface area (Å²) in [6.07, 6.45) is -2.18. The lowest BCUT2D eigenvalue weighted by Gasteiger charge is -2.29. The first kappa shape index (κ1) is 20.0. The molecule has 0 radical (unpaired) electrons. The number of rotatable bonds is 4. The predicted molar refractivity (Wildman–Crippen MR) is 108 cm³/mol. The van der Waals surface area contributed by atoms with Crippen molar-refractivity contribution in [3.05, 3.63) is 23.8 Å². The number of likely N-dealkylation sites (N-methyl/N-ethyl adjacent to an activating group) is 1. The van der Waals surface area contributed by atoms with Gasteiger partial charge in [0.1, 0.15) is 16.4 Å². The first-order valence-electron chi connectivity index (χ1n) is 9.30. The lowest BCUT2D eigenvalue weighted by Crippen LogP contribution is -2.39. The number of anilines is 1. The second kappa shape index (κ2) is 7.49. The lowest BCUT2D eigenvalue weighted by molar-refractivity contribution is -0.137. The average Bonchev–Trinajstić information content (AvgIpc) is 3.19. The number of nitrogens with zero attached hydrogens (tertiary/aromatic N) is 4. The lowest BCUT2D eigenvalue weighted by atomic mass is 10.1. The molecule has 1 saturated heterocycles. The smallest absolute Gasteiger partial charge is 0.416 e. The second-order valence-corrected chi connectivity index (χ2v) is 8.28. The van der Waals surface area contributed by atoms with Gasteiger partial charge in [0, 0.05) is 19.6 Å². The van der Waals surface area contributed by atoms with E-state index >= 15 is 0 Å². The molecule has 0 saturated carbocycles. The van der Waals surface area contributed by atoms with Crippen LogP contribution in [0.4, 0.5) is 18.3 Å². The van der Waals surface area contributed by atoms with Crippen molar-refractivity contribution in [1.29, 1.82) is 0 Å². The van der Waals surface area contributed by atoms with E-state index in [4.69, 9.17) is 4.74 Å². The minimum absolute atomic E-state index is 0.129. The van der Waals surface area contributed by atoms with Gasteiger partial charge in [-0.15, -0.1) is 0 Å². The molecular weight excluding hydrogens is 403 g/mol. The number of likely N-dealkylation sites (tertiary alicyclic amines) is 1. The number of ether oxygens (including phenoxy) is 1. The highest BCUT2D eigenvalue weighted by Gasteiger charge is 2.32. The summed E-state index contributed by atoms with van der Waals surface area (Å²) in [4.78, 5) is 12.3. The Morgan fingerprint density at radius 3 is 2.69 bits per heavy atom. The van der Waals surface area contributed by atoms with E-state index in [-0.39, 0.29) is 5.75 Å². The van der Waals surface area contributed by atoms with Crippen LogP contribution >= 0.6 is 11.3 Å². The van der Waals surface area contributed by atoms with E-state index in [1.807, 2.05) is 11.6 Å². The predicted octanol–water partition coefficient (Wildman–Crippen LogP) is 4.23. The van der Waals surface area contributed by atoms with Gasteiger partial charge in [0.2, 0.25) is 0 Å². The molecule has 4 rings (SSSR count). The highest BCUT2D eigenvalue weighted by molar-refractivity contribution is 7.21. The van der Waals surface area contributed by atoms with Crippen molar-refractivity contribution >= 4 is 26.9 Å². The van der Waals surface area contributed by atoms with Gasteiger partial charge in [-0.1, -0.05) is 11.3 Å². The summed E-state index contributed by atoms with van der Waals surface area (Å²) >= 11 is 1.49. The van der Waals surface area contributed by atoms with E-state index in [1.54, 1.807) is 0 Å². The topological polar surface area (TPSA) is 55.2 Å². The number of halogens is 3. The van der Waals surface area contributed by atoms with Crippen LogP contribution in [0.15, 0.2) is 18.2 Å². The maximum Gasteiger partial charge on any atom is 0.416 e. The molecule has 1 aliphatic rings. The van der Waals surface area contributed by atoms with Gasteiger partial charge < -0.3 is 19.5 Å². The van der Waals surface area contributed by atoms with Gasteiger partial charge in [0.15, 0.2) is 10.8 Å². The van der Waals surface area contributed by atoms with E-state index < -0.39 is 11.7 Å². The van der Waals surface area contributed by atoms with Crippen LogP contribution in [0.3, 0.4) is 0 Å². The third-order valence-electron chi connectivity index (χ3n) is 5.15. The van der Waals surface area contributed by atoms with Crippen molar-refractivity contribution in [3.63, 3.8) is 0 Å². The zero-order valence-electron chi connectivity index (χ0n) is 16.4. The molecule has 1 N–H and O–H groups in total. The molecule has 1 aromatic carbocycles. The third kappa shape index (κ3) is 3.91. The number of piperidine rings is 1. The number of thiazole rings is 1. The summed E-state index contributed by atoms with van der Waals surface area (Å²) in [5.41, 5.74) is 0.314. The number of fused-ring (bicyclic) bond motifs is 1. The van der Waals surface area contributed by atoms with E-state index in [1.165, 1.54) is 24.5 Å². The Labute approximate surface area is 170 Å². The molecule has 3 aromatic rings. The minimum Gasteiger partial charge on any atom is -0.496 e. The Hall–Kier alpha value is -2.33. The molecule has 0 bridgehead atoms. The van der Waals surface area contributed by atoms with Gasteiger partial charge in [-0.2, -0.15) is 18.2 Å². The molecule has 156 valence electrons. The number of hydrogen-bond donors (Lipinski definition) is 1. The Balaban J connectivity index is 1.64. The monoisotopic (exact) mass is 425 g/mol. The zero-order valence-corrected chi connectivity index (χ0v) is 17.2. The van der Waals surface area contributed by atoms with Crippen molar-refractivity contribution in [3.8, 4) is 17.1 Å². The number of benzene rings is 1. The van der Waals surface area contributed by atoms with Crippen LogP contribution in [0.2, 0.25) is 0 Å². The number of hydrogen-bond acceptors (Lipinski definition) is 6. The van der Waals surface area contributed by atoms with E-state index in [9.17, 15) is 13.2 Å². The normalized spacial score (nSPS) is 18.3. The number of imidazole rings is 1. The average molecular weight is 425 g/mol. The number of nitrogens with one attached hydrogen (secondary N) is 1. The van der Waals surface area contributed by atoms with Crippen LogP contribution < -0.4 is 10.1 Å². The van der Waals surface area contributed by atoms with E-state index in [0.29, 0.717) is 23.1 Å². The first-order valence-corrected chi connectivity index (χ1v) is 10.1. The summed E-state index contributed by atoms with van der Waals surface area (Å²) in [5.74, 6) is 0.650. The molecule has 1 aliphatic heterocycles. The molecule has 1 fully saturated rings. The van der Waals surface area contributed by atoms with Crippen LogP contribution in [0.25, 0.3) is 21.9 Å². The Morgan fingerprint density at radius 2 is 2.03 bits per heavy atom. The molecule has 1 atom stereocenters. The molecule has 6 nitrogen and oxygen atoms in total. The van der Waals surface area contributed by atoms with Crippen molar-refractivity contribution in [2.45, 2.75) is 25.1 Å². The summed E-state index contributed by atoms with van der Waals surface area (Å²) in [6, 6.07) is 3.78. The number of aromatic nitrogens is 3. The molecule has 2 aromatic heterocycles. The molecular formula is C19H22F3N5OS. The SMILES string of the molecule is COc1cc(C(F)(F)F)ccc1-c1nc2nc(N[C@@H]3CCCN(C)C3)sc2n1C. The standard InChI is InChI=1S/C19H22F3N5OS/c1-26-8-4-5-12(10-26)23-18-25-15-17(29-18)27(2)16(24-15)13-7-6-11(19(20,21)22)9-14(13)28-3/h6-7,9,12H,4-5,8,10H2,1-3H3,(H,23,25)/t12-/m1/s1. The Bertz CT molecular complexity index is 1030. The molecule has 0 aliphatic carbocycles. The maximum atomic E-state index is 13.0. The number of methoxy groups -OCH3 is 1. The summed E-state index contributed by atoms with van der Waals surface area (Å²) in [5, 5.41) is 4.29. The van der Waals surface area contributed by atoms with Crippen LogP contribution in [-0.2, 0) is 13.2 Å². The fourth-order valence-corrected chi connectivity index (χ4v) is 4.63. The number of aryl methyl sites for hydroxylation is 1. The summed E-state index contributed by atoms with van der Waals surface area (Å²) in [6.45, 7) is 2.08. The fourth-order valence-electron chi connectivity index (χ4n) is 3.68. The van der Waals surface area contributed by atoms with Gasteiger partial charge in [0.25, 0.3) is 0 Å². The molecule has 29 heavy (non-hydrogen) atoms. The summed E-state index contributed by atoms with van der Waals surface area (Å²) in [7, 11) is 5.29. The fraction of sp³-hybridized carbons (Fsp3) is 0.474. The van der Waals surface area contributed by atoms with Gasteiger partial charge in [-0.3, -0.25) is 0 Å². The molecule has 10 heteroatoms. The molecule has 0 spiro atoms. The van der Waals surface area contributed by atoms with Crippen LogP contribution in [-0.4, -0.2) is 52.7 Å². The van der Waals surface area contributed by atoms with E-state index in [0.717, 1.165) is 48.0 Å². The van der Waals surface area contributed by atoms with E-state index in [2.05, 4.69) is 27.2 Å². The van der Waals surface area contributed by atoms with Gasteiger partial charge >= 0.3 is 6.18 Å². The van der Waals surface area contributed by atoms with Crippen LogP contribution in [0, 0.1) is 0 Å². The van der Waals surface area contributed by atoms with Gasteiger partial charge in [-0.25, -0.2) is 4.98 Å². The maximum absolute atomic E-state index is 13.0. The van der Waals surface area contributed by atoms with Crippen LogP contribution in [0.5, 0.6) is 5.75 Å². The van der Waals surface area contributed by atoms with Crippen molar-refractivity contribution < 1.29 is 17.9 Å². The number of alkyl halides is 3. The van der Waals surface area contributed by atoms with Gasteiger partial charge in [0.05, 0.1) is 18.2 Å². The van der Waals surface area contributed by atoms with Crippen molar-refractivity contribution in [1.82, 2.24) is 19.4 Å².